The molecule has 4 rings (SSSR count). The Balaban J connectivity index is 2.08. The van der Waals surface area contributed by atoms with Crippen molar-refractivity contribution in [3.05, 3.63) is 75.3 Å². The average molecular weight is 371 g/mol. The normalized spacial score (nSPS) is 12.1. The quantitative estimate of drug-likeness (QED) is 0.436. The minimum Gasteiger partial charge on any atom is -0.300 e. The van der Waals surface area contributed by atoms with Crippen LogP contribution in [0.4, 0.5) is 0 Å². The molecule has 1 aromatic carbocycles. The van der Waals surface area contributed by atoms with Gasteiger partial charge in [0.05, 0.1) is 11.2 Å². The van der Waals surface area contributed by atoms with Gasteiger partial charge in [0.25, 0.3) is 5.56 Å². The lowest BCUT2D eigenvalue weighted by atomic mass is 9.91. The molecule has 0 N–H and O–H groups in total. The largest absolute Gasteiger partial charge is 0.300 e. The van der Waals surface area contributed by atoms with Gasteiger partial charge in [-0.3, -0.25) is 9.78 Å². The van der Waals surface area contributed by atoms with Gasteiger partial charge in [-0.15, -0.1) is 0 Å². The summed E-state index contributed by atoms with van der Waals surface area (Å²) in [6.07, 6.45) is 1.97. The predicted molar refractivity (Wildman–Crippen MR) is 115 cm³/mol. The lowest BCUT2D eigenvalue weighted by Gasteiger charge is -2.19. The van der Waals surface area contributed by atoms with Gasteiger partial charge in [-0.25, -0.2) is 0 Å². The van der Waals surface area contributed by atoms with Gasteiger partial charge < -0.3 is 4.40 Å². The molecule has 0 saturated heterocycles. The van der Waals surface area contributed by atoms with Crippen molar-refractivity contribution in [3.63, 3.8) is 0 Å². The minimum atomic E-state index is -0.234. The minimum absolute atomic E-state index is 0.0363. The van der Waals surface area contributed by atoms with Gasteiger partial charge in [0, 0.05) is 34.3 Å². The summed E-state index contributed by atoms with van der Waals surface area (Å²) in [4.78, 5) is 21.6. The van der Waals surface area contributed by atoms with Gasteiger partial charge in [0.15, 0.2) is 5.65 Å². The van der Waals surface area contributed by atoms with E-state index in [0.717, 1.165) is 39.0 Å². The first-order valence-corrected chi connectivity index (χ1v) is 9.57. The van der Waals surface area contributed by atoms with E-state index in [1.807, 2.05) is 28.8 Å². The smallest absolute Gasteiger partial charge is 0.273 e. The van der Waals surface area contributed by atoms with Crippen molar-refractivity contribution in [1.29, 1.82) is 0 Å². The van der Waals surface area contributed by atoms with Crippen molar-refractivity contribution in [2.24, 2.45) is 0 Å². The van der Waals surface area contributed by atoms with E-state index in [2.05, 4.69) is 58.7 Å². The van der Waals surface area contributed by atoms with Crippen LogP contribution in [0.2, 0.25) is 0 Å². The molecule has 4 nitrogen and oxygen atoms in total. The Bertz CT molecular complexity index is 1270. The Labute approximate surface area is 164 Å². The molecule has 0 aliphatic rings. The van der Waals surface area contributed by atoms with Crippen LogP contribution in [0.5, 0.6) is 0 Å². The molecule has 0 unspecified atom stereocenters. The van der Waals surface area contributed by atoms with Gasteiger partial charge in [-0.2, -0.15) is 4.98 Å². The maximum absolute atomic E-state index is 12.5. The van der Waals surface area contributed by atoms with Crippen molar-refractivity contribution in [2.75, 3.05) is 0 Å². The summed E-state index contributed by atoms with van der Waals surface area (Å²) in [5.74, 6) is 0. The number of pyridine rings is 2. The summed E-state index contributed by atoms with van der Waals surface area (Å²) < 4.78 is 2.01. The Hall–Kier alpha value is -3.01. The predicted octanol–water partition coefficient (Wildman–Crippen LogP) is 5.13. The lowest BCUT2D eigenvalue weighted by Crippen LogP contribution is -2.14. The third kappa shape index (κ3) is 2.99. The highest BCUT2D eigenvalue weighted by molar-refractivity contribution is 5.92. The molecule has 0 aliphatic heterocycles. The highest BCUT2D eigenvalue weighted by Crippen LogP contribution is 2.30. The number of aryl methyl sites for hydroxylation is 3. The van der Waals surface area contributed by atoms with E-state index in [1.54, 1.807) is 6.07 Å². The van der Waals surface area contributed by atoms with Gasteiger partial charge in [0.1, 0.15) is 0 Å². The van der Waals surface area contributed by atoms with Crippen molar-refractivity contribution >= 4 is 16.6 Å². The molecular weight excluding hydrogens is 346 g/mol. The maximum atomic E-state index is 12.5. The van der Waals surface area contributed by atoms with Crippen LogP contribution in [0.15, 0.2) is 47.4 Å². The summed E-state index contributed by atoms with van der Waals surface area (Å²) in [7, 11) is 0. The summed E-state index contributed by atoms with van der Waals surface area (Å²) in [6, 6.07) is 12.0. The monoisotopic (exact) mass is 371 g/mol. The Kier molecular flexibility index (Phi) is 4.11. The second-order valence-corrected chi connectivity index (χ2v) is 8.64. The van der Waals surface area contributed by atoms with Crippen LogP contribution in [-0.4, -0.2) is 14.4 Å². The number of benzene rings is 1. The van der Waals surface area contributed by atoms with Crippen LogP contribution >= 0.6 is 0 Å². The van der Waals surface area contributed by atoms with Crippen molar-refractivity contribution in [2.45, 2.75) is 47.0 Å². The number of hydrogen-bond donors (Lipinski definition) is 0. The Morgan fingerprint density at radius 3 is 2.21 bits per heavy atom. The van der Waals surface area contributed by atoms with Crippen LogP contribution < -0.4 is 5.56 Å². The van der Waals surface area contributed by atoms with Gasteiger partial charge in [-0.1, -0.05) is 38.5 Å². The molecule has 0 atom stereocenters. The molecule has 0 saturated carbocycles. The van der Waals surface area contributed by atoms with E-state index in [0.29, 0.717) is 5.65 Å². The molecule has 0 amide bonds. The van der Waals surface area contributed by atoms with Crippen molar-refractivity contribution < 1.29 is 0 Å². The topological polar surface area (TPSA) is 47.3 Å². The fourth-order valence-corrected chi connectivity index (χ4v) is 3.96. The summed E-state index contributed by atoms with van der Waals surface area (Å²) >= 11 is 0. The molecule has 0 aliphatic carbocycles. The highest BCUT2D eigenvalue weighted by atomic mass is 16.1. The van der Waals surface area contributed by atoms with E-state index >= 15 is 0 Å². The zero-order chi connectivity index (χ0) is 20.2. The van der Waals surface area contributed by atoms with E-state index in [9.17, 15) is 4.79 Å². The molecule has 142 valence electrons. The molecule has 3 aromatic heterocycles. The fraction of sp³-hybridized carbons (Fsp3) is 0.292. The van der Waals surface area contributed by atoms with E-state index < -0.39 is 0 Å². The second kappa shape index (κ2) is 6.26. The molecule has 0 fully saturated rings. The van der Waals surface area contributed by atoms with E-state index in [1.165, 1.54) is 5.56 Å². The van der Waals surface area contributed by atoms with Crippen molar-refractivity contribution in [3.8, 4) is 11.3 Å². The first-order chi connectivity index (χ1) is 13.1. The van der Waals surface area contributed by atoms with Gasteiger partial charge >= 0.3 is 0 Å². The van der Waals surface area contributed by atoms with Crippen molar-refractivity contribution in [1.82, 2.24) is 14.4 Å². The summed E-state index contributed by atoms with van der Waals surface area (Å²) in [5.41, 5.74) is 7.72. The first kappa shape index (κ1) is 18.4. The van der Waals surface area contributed by atoms with Crippen LogP contribution in [0.25, 0.3) is 27.8 Å². The zero-order valence-electron chi connectivity index (χ0n) is 17.3. The molecular formula is C24H25N3O. The van der Waals surface area contributed by atoms with Crippen LogP contribution in [0, 0.1) is 20.8 Å². The molecule has 28 heavy (non-hydrogen) atoms. The number of nitrogens with zero attached hydrogens (tertiary/aromatic N) is 3. The number of hydrogen-bond acceptors (Lipinski definition) is 3. The first-order valence-electron chi connectivity index (χ1n) is 9.57. The molecule has 3 heterocycles. The fourth-order valence-electron chi connectivity index (χ4n) is 3.96. The molecule has 4 heteroatoms. The standard InChI is InChI=1S/C24H25N3O/c1-14-11-15(2)22(16(3)12-14)19-13-21(28)26-23-17-7-8-20(24(4,5)6)25-18(17)9-10-27(19)23/h7-13H,1-6H3. The summed E-state index contributed by atoms with van der Waals surface area (Å²) in [6.45, 7) is 12.7. The number of aromatic nitrogens is 3. The molecule has 0 bridgehead atoms. The highest BCUT2D eigenvalue weighted by Gasteiger charge is 2.18. The summed E-state index contributed by atoms with van der Waals surface area (Å²) in [5, 5.41) is 0.886. The number of rotatable bonds is 1. The third-order valence-corrected chi connectivity index (χ3v) is 5.21. The van der Waals surface area contributed by atoms with Gasteiger partial charge in [0.2, 0.25) is 0 Å². The lowest BCUT2D eigenvalue weighted by molar-refractivity contribution is 0.571. The number of fused-ring (bicyclic) bond motifs is 3. The van der Waals surface area contributed by atoms with E-state index in [-0.39, 0.29) is 11.0 Å². The van der Waals surface area contributed by atoms with E-state index in [4.69, 9.17) is 4.98 Å². The Morgan fingerprint density at radius 1 is 0.893 bits per heavy atom. The second-order valence-electron chi connectivity index (χ2n) is 8.64. The average Bonchev–Trinajstić information content (AvgIpc) is 2.59. The Morgan fingerprint density at radius 2 is 1.57 bits per heavy atom. The molecule has 0 radical (unpaired) electrons. The third-order valence-electron chi connectivity index (χ3n) is 5.21. The van der Waals surface area contributed by atoms with Crippen LogP contribution in [0.1, 0.15) is 43.2 Å². The van der Waals surface area contributed by atoms with Crippen LogP contribution in [-0.2, 0) is 5.41 Å². The maximum Gasteiger partial charge on any atom is 0.273 e. The SMILES string of the molecule is Cc1cc(C)c(-c2cc(=O)nc3c4ccc(C(C)(C)C)nc4ccn23)c(C)c1. The van der Waals surface area contributed by atoms with Gasteiger partial charge in [-0.05, 0) is 50.1 Å². The zero-order valence-corrected chi connectivity index (χ0v) is 17.3. The molecule has 0 spiro atoms. The van der Waals surface area contributed by atoms with Crippen LogP contribution in [0.3, 0.4) is 0 Å². The molecule has 4 aromatic rings.